The van der Waals surface area contributed by atoms with Crippen molar-refractivity contribution in [3.63, 3.8) is 0 Å². The normalized spacial score (nSPS) is 11.5. The van der Waals surface area contributed by atoms with Gasteiger partial charge in [-0.25, -0.2) is 0 Å². The van der Waals surface area contributed by atoms with Crippen LogP contribution < -0.4 is 15.4 Å². The van der Waals surface area contributed by atoms with E-state index in [2.05, 4.69) is 29.7 Å². The molecule has 1 atom stereocenters. The third kappa shape index (κ3) is 3.71. The number of thiocarbonyl (C=S) groups is 1. The van der Waals surface area contributed by atoms with Crippen molar-refractivity contribution in [2.45, 2.75) is 13.0 Å². The summed E-state index contributed by atoms with van der Waals surface area (Å²) in [7, 11) is 1.64. The highest BCUT2D eigenvalue weighted by Crippen LogP contribution is 2.23. The molecule has 0 saturated heterocycles. The standard InChI is InChI=1S/C16H18N2OS/c1-12(13-8-4-3-5-9-13)17-16(20)18-14-10-6-7-11-15(14)19-2/h3-12H,1-2H3,(H2,17,18,20). The smallest absolute Gasteiger partial charge is 0.171 e. The van der Waals surface area contributed by atoms with Crippen LogP contribution in [0.3, 0.4) is 0 Å². The topological polar surface area (TPSA) is 33.3 Å². The minimum Gasteiger partial charge on any atom is -0.495 e. The fourth-order valence-electron chi connectivity index (χ4n) is 1.93. The zero-order chi connectivity index (χ0) is 14.4. The lowest BCUT2D eigenvalue weighted by Gasteiger charge is -2.18. The molecular weight excluding hydrogens is 268 g/mol. The van der Waals surface area contributed by atoms with Crippen LogP contribution in [0, 0.1) is 0 Å². The first-order valence-electron chi connectivity index (χ1n) is 6.46. The van der Waals surface area contributed by atoms with Crippen molar-refractivity contribution in [1.82, 2.24) is 5.32 Å². The molecule has 0 aliphatic rings. The highest BCUT2D eigenvalue weighted by Gasteiger charge is 2.08. The van der Waals surface area contributed by atoms with Crippen LogP contribution in [0.15, 0.2) is 54.6 Å². The fraction of sp³-hybridized carbons (Fsp3) is 0.188. The molecule has 0 fully saturated rings. The molecule has 4 heteroatoms. The van der Waals surface area contributed by atoms with E-state index in [9.17, 15) is 0 Å². The summed E-state index contributed by atoms with van der Waals surface area (Å²) in [5, 5.41) is 6.99. The van der Waals surface area contributed by atoms with Crippen LogP contribution in [-0.4, -0.2) is 12.2 Å². The van der Waals surface area contributed by atoms with E-state index in [1.54, 1.807) is 7.11 Å². The molecule has 20 heavy (non-hydrogen) atoms. The number of rotatable bonds is 4. The Bertz CT molecular complexity index is 572. The molecule has 0 aliphatic carbocycles. The van der Waals surface area contributed by atoms with Crippen LogP contribution >= 0.6 is 12.2 Å². The van der Waals surface area contributed by atoms with Crippen molar-refractivity contribution >= 4 is 23.0 Å². The number of hydrogen-bond donors (Lipinski definition) is 2. The van der Waals surface area contributed by atoms with E-state index in [1.807, 2.05) is 42.5 Å². The quantitative estimate of drug-likeness (QED) is 0.839. The van der Waals surface area contributed by atoms with Crippen LogP contribution in [0.25, 0.3) is 0 Å². The van der Waals surface area contributed by atoms with Crippen LogP contribution in [0.4, 0.5) is 5.69 Å². The maximum Gasteiger partial charge on any atom is 0.171 e. The van der Waals surface area contributed by atoms with E-state index in [0.29, 0.717) is 5.11 Å². The molecule has 2 aromatic rings. The van der Waals surface area contributed by atoms with Gasteiger partial charge in [-0.15, -0.1) is 0 Å². The number of para-hydroxylation sites is 2. The first-order valence-corrected chi connectivity index (χ1v) is 6.87. The number of anilines is 1. The summed E-state index contributed by atoms with van der Waals surface area (Å²) in [6.07, 6.45) is 0. The SMILES string of the molecule is COc1ccccc1NC(=S)NC(C)c1ccccc1. The summed E-state index contributed by atoms with van der Waals surface area (Å²) in [5.74, 6) is 0.768. The van der Waals surface area contributed by atoms with Crippen molar-refractivity contribution in [2.24, 2.45) is 0 Å². The van der Waals surface area contributed by atoms with Gasteiger partial charge in [-0.1, -0.05) is 42.5 Å². The molecule has 2 aromatic carbocycles. The average molecular weight is 286 g/mol. The van der Waals surface area contributed by atoms with Crippen molar-refractivity contribution in [2.75, 3.05) is 12.4 Å². The fourth-order valence-corrected chi connectivity index (χ4v) is 2.21. The van der Waals surface area contributed by atoms with Crippen molar-refractivity contribution in [1.29, 1.82) is 0 Å². The molecular formula is C16H18N2OS. The van der Waals surface area contributed by atoms with Crippen LogP contribution in [0.1, 0.15) is 18.5 Å². The molecule has 2 rings (SSSR count). The number of benzene rings is 2. The van der Waals surface area contributed by atoms with E-state index in [1.165, 1.54) is 5.56 Å². The molecule has 104 valence electrons. The van der Waals surface area contributed by atoms with Crippen molar-refractivity contribution < 1.29 is 4.74 Å². The summed E-state index contributed by atoms with van der Waals surface area (Å²) >= 11 is 5.34. The Kier molecular flexibility index (Phi) is 4.96. The summed E-state index contributed by atoms with van der Waals surface area (Å²) in [6, 6.07) is 18.0. The van der Waals surface area contributed by atoms with Gasteiger partial charge in [0.2, 0.25) is 0 Å². The molecule has 0 amide bonds. The highest BCUT2D eigenvalue weighted by atomic mass is 32.1. The van der Waals surface area contributed by atoms with E-state index in [4.69, 9.17) is 17.0 Å². The van der Waals surface area contributed by atoms with Crippen molar-refractivity contribution in [3.05, 3.63) is 60.2 Å². The first kappa shape index (κ1) is 14.3. The van der Waals surface area contributed by atoms with Gasteiger partial charge in [0.15, 0.2) is 5.11 Å². The zero-order valence-electron chi connectivity index (χ0n) is 11.6. The average Bonchev–Trinajstić information content (AvgIpc) is 2.48. The second-order valence-electron chi connectivity index (χ2n) is 4.43. The number of nitrogens with one attached hydrogen (secondary N) is 2. The molecule has 0 aliphatic heterocycles. The van der Waals surface area contributed by atoms with E-state index < -0.39 is 0 Å². The van der Waals surface area contributed by atoms with Gasteiger partial charge in [0.25, 0.3) is 0 Å². The minimum absolute atomic E-state index is 0.144. The Morgan fingerprint density at radius 3 is 2.40 bits per heavy atom. The Morgan fingerprint density at radius 1 is 1.05 bits per heavy atom. The monoisotopic (exact) mass is 286 g/mol. The third-order valence-corrected chi connectivity index (χ3v) is 3.22. The summed E-state index contributed by atoms with van der Waals surface area (Å²) < 4.78 is 5.29. The van der Waals surface area contributed by atoms with Crippen LogP contribution in [-0.2, 0) is 0 Å². The van der Waals surface area contributed by atoms with Gasteiger partial charge in [0.05, 0.1) is 18.8 Å². The van der Waals surface area contributed by atoms with E-state index in [-0.39, 0.29) is 6.04 Å². The Balaban J connectivity index is 1.99. The van der Waals surface area contributed by atoms with Gasteiger partial charge in [0, 0.05) is 0 Å². The van der Waals surface area contributed by atoms with Crippen LogP contribution in [0.5, 0.6) is 5.75 Å². The Hall–Kier alpha value is -2.07. The maximum atomic E-state index is 5.34. The van der Waals surface area contributed by atoms with Gasteiger partial charge in [-0.3, -0.25) is 0 Å². The van der Waals surface area contributed by atoms with Gasteiger partial charge < -0.3 is 15.4 Å². The van der Waals surface area contributed by atoms with Crippen LogP contribution in [0.2, 0.25) is 0 Å². The summed E-state index contributed by atoms with van der Waals surface area (Å²) in [5.41, 5.74) is 2.05. The molecule has 0 saturated carbocycles. The van der Waals surface area contributed by atoms with Crippen molar-refractivity contribution in [3.8, 4) is 5.75 Å². The van der Waals surface area contributed by atoms with E-state index >= 15 is 0 Å². The van der Waals surface area contributed by atoms with E-state index in [0.717, 1.165) is 11.4 Å². The second-order valence-corrected chi connectivity index (χ2v) is 4.84. The Labute approximate surface area is 125 Å². The maximum absolute atomic E-state index is 5.34. The molecule has 0 spiro atoms. The highest BCUT2D eigenvalue weighted by molar-refractivity contribution is 7.80. The van der Waals surface area contributed by atoms with Gasteiger partial charge in [-0.05, 0) is 36.8 Å². The first-order chi connectivity index (χ1) is 9.70. The molecule has 1 unspecified atom stereocenters. The largest absolute Gasteiger partial charge is 0.495 e. The zero-order valence-corrected chi connectivity index (χ0v) is 12.4. The predicted molar refractivity (Wildman–Crippen MR) is 87.2 cm³/mol. The molecule has 0 radical (unpaired) electrons. The third-order valence-electron chi connectivity index (χ3n) is 3.00. The van der Waals surface area contributed by atoms with Gasteiger partial charge in [0.1, 0.15) is 5.75 Å². The molecule has 0 bridgehead atoms. The minimum atomic E-state index is 0.144. The molecule has 0 aromatic heterocycles. The lowest BCUT2D eigenvalue weighted by molar-refractivity contribution is 0.417. The predicted octanol–water partition coefficient (Wildman–Crippen LogP) is 3.74. The van der Waals surface area contributed by atoms with Gasteiger partial charge >= 0.3 is 0 Å². The molecule has 2 N–H and O–H groups in total. The second kappa shape index (κ2) is 6.91. The lowest BCUT2D eigenvalue weighted by atomic mass is 10.1. The number of hydrogen-bond acceptors (Lipinski definition) is 2. The molecule has 3 nitrogen and oxygen atoms in total. The summed E-state index contributed by atoms with van der Waals surface area (Å²) in [6.45, 7) is 2.07. The summed E-state index contributed by atoms with van der Waals surface area (Å²) in [4.78, 5) is 0. The molecule has 0 heterocycles. The number of methoxy groups -OCH3 is 1. The lowest BCUT2D eigenvalue weighted by Crippen LogP contribution is -2.31. The van der Waals surface area contributed by atoms with Gasteiger partial charge in [-0.2, -0.15) is 0 Å². The Morgan fingerprint density at radius 2 is 1.70 bits per heavy atom. The number of ether oxygens (including phenoxy) is 1.